The van der Waals surface area contributed by atoms with Gasteiger partial charge < -0.3 is 15.4 Å². The molecule has 114 valence electrons. The SMILES string of the molecule is CC(C)Oc1ccc(CNC(=O)C2CCC(=O)N2)cc1F. The van der Waals surface area contributed by atoms with E-state index < -0.39 is 11.9 Å². The van der Waals surface area contributed by atoms with Gasteiger partial charge in [-0.25, -0.2) is 4.39 Å². The number of amides is 2. The molecule has 0 radical (unpaired) electrons. The molecule has 1 aliphatic heterocycles. The zero-order valence-electron chi connectivity index (χ0n) is 12.1. The average Bonchev–Trinajstić information content (AvgIpc) is 2.85. The van der Waals surface area contributed by atoms with Crippen molar-refractivity contribution in [2.24, 2.45) is 0 Å². The Kier molecular flexibility index (Phi) is 4.77. The molecule has 2 rings (SSSR count). The number of rotatable bonds is 5. The maximum Gasteiger partial charge on any atom is 0.242 e. The van der Waals surface area contributed by atoms with Crippen LogP contribution in [0, 0.1) is 5.82 Å². The average molecular weight is 294 g/mol. The van der Waals surface area contributed by atoms with Crippen LogP contribution in [0.15, 0.2) is 18.2 Å². The summed E-state index contributed by atoms with van der Waals surface area (Å²) in [7, 11) is 0. The number of halogens is 1. The summed E-state index contributed by atoms with van der Waals surface area (Å²) in [5.74, 6) is -0.618. The Morgan fingerprint density at radius 2 is 2.29 bits per heavy atom. The van der Waals surface area contributed by atoms with Crippen molar-refractivity contribution >= 4 is 11.8 Å². The maximum absolute atomic E-state index is 13.8. The first-order chi connectivity index (χ1) is 9.95. The monoisotopic (exact) mass is 294 g/mol. The Balaban J connectivity index is 1.90. The molecule has 1 aliphatic rings. The summed E-state index contributed by atoms with van der Waals surface area (Å²) in [6.07, 6.45) is 0.768. The van der Waals surface area contributed by atoms with Crippen LogP contribution in [0.25, 0.3) is 0 Å². The summed E-state index contributed by atoms with van der Waals surface area (Å²) in [6.45, 7) is 3.86. The van der Waals surface area contributed by atoms with Crippen LogP contribution in [0.1, 0.15) is 32.3 Å². The topological polar surface area (TPSA) is 67.4 Å². The molecule has 1 fully saturated rings. The molecule has 2 amide bonds. The number of carbonyl (C=O) groups excluding carboxylic acids is 2. The maximum atomic E-state index is 13.8. The van der Waals surface area contributed by atoms with Crippen LogP contribution in [0.3, 0.4) is 0 Å². The largest absolute Gasteiger partial charge is 0.488 e. The molecule has 1 aromatic rings. The smallest absolute Gasteiger partial charge is 0.242 e. The van der Waals surface area contributed by atoms with E-state index in [0.29, 0.717) is 18.4 Å². The molecule has 0 saturated carbocycles. The second kappa shape index (κ2) is 6.56. The van der Waals surface area contributed by atoms with Crippen LogP contribution in [0.5, 0.6) is 5.75 Å². The predicted molar refractivity (Wildman–Crippen MR) is 75.2 cm³/mol. The van der Waals surface area contributed by atoms with Crippen molar-refractivity contribution in [3.05, 3.63) is 29.6 Å². The zero-order chi connectivity index (χ0) is 15.4. The third-order valence-electron chi connectivity index (χ3n) is 3.14. The van der Waals surface area contributed by atoms with Gasteiger partial charge in [0.1, 0.15) is 6.04 Å². The normalized spacial score (nSPS) is 17.7. The van der Waals surface area contributed by atoms with E-state index in [4.69, 9.17) is 4.74 Å². The van der Waals surface area contributed by atoms with Gasteiger partial charge in [-0.2, -0.15) is 0 Å². The first kappa shape index (κ1) is 15.3. The van der Waals surface area contributed by atoms with Crippen LogP contribution in [0.4, 0.5) is 4.39 Å². The molecule has 1 atom stereocenters. The second-order valence-electron chi connectivity index (χ2n) is 5.31. The number of carbonyl (C=O) groups is 2. The van der Waals surface area contributed by atoms with Gasteiger partial charge in [-0.15, -0.1) is 0 Å². The van der Waals surface area contributed by atoms with Gasteiger partial charge in [0.15, 0.2) is 11.6 Å². The van der Waals surface area contributed by atoms with Crippen molar-refractivity contribution in [3.63, 3.8) is 0 Å². The van der Waals surface area contributed by atoms with Crippen molar-refractivity contribution < 1.29 is 18.7 Å². The van der Waals surface area contributed by atoms with E-state index in [0.717, 1.165) is 0 Å². The number of nitrogens with one attached hydrogen (secondary N) is 2. The summed E-state index contributed by atoms with van der Waals surface area (Å²) in [5, 5.41) is 5.27. The van der Waals surface area contributed by atoms with Crippen molar-refractivity contribution in [2.75, 3.05) is 0 Å². The van der Waals surface area contributed by atoms with E-state index >= 15 is 0 Å². The van der Waals surface area contributed by atoms with Gasteiger partial charge in [-0.05, 0) is 38.0 Å². The van der Waals surface area contributed by atoms with Crippen LogP contribution in [-0.4, -0.2) is 24.0 Å². The fourth-order valence-electron chi connectivity index (χ4n) is 2.13. The van der Waals surface area contributed by atoms with E-state index in [1.54, 1.807) is 12.1 Å². The highest BCUT2D eigenvalue weighted by Gasteiger charge is 2.26. The van der Waals surface area contributed by atoms with Crippen molar-refractivity contribution in [1.29, 1.82) is 0 Å². The molecule has 1 saturated heterocycles. The van der Waals surface area contributed by atoms with Crippen molar-refractivity contribution in [2.45, 2.75) is 45.4 Å². The third-order valence-corrected chi connectivity index (χ3v) is 3.14. The minimum Gasteiger partial charge on any atom is -0.488 e. The van der Waals surface area contributed by atoms with Crippen LogP contribution >= 0.6 is 0 Å². The molecule has 5 nitrogen and oxygen atoms in total. The molecule has 21 heavy (non-hydrogen) atoms. The lowest BCUT2D eigenvalue weighted by molar-refractivity contribution is -0.125. The molecule has 0 aliphatic carbocycles. The summed E-state index contributed by atoms with van der Waals surface area (Å²) < 4.78 is 19.1. The molecule has 6 heteroatoms. The Hall–Kier alpha value is -2.11. The highest BCUT2D eigenvalue weighted by atomic mass is 19.1. The lowest BCUT2D eigenvalue weighted by Gasteiger charge is -2.13. The van der Waals surface area contributed by atoms with Crippen LogP contribution < -0.4 is 15.4 Å². The summed E-state index contributed by atoms with van der Waals surface area (Å²) in [4.78, 5) is 22.9. The summed E-state index contributed by atoms with van der Waals surface area (Å²) >= 11 is 0. The lowest BCUT2D eigenvalue weighted by atomic mass is 10.2. The fraction of sp³-hybridized carbons (Fsp3) is 0.467. The molecule has 0 bridgehead atoms. The lowest BCUT2D eigenvalue weighted by Crippen LogP contribution is -2.41. The molecular formula is C15H19FN2O3. The van der Waals surface area contributed by atoms with Gasteiger partial charge in [0.25, 0.3) is 0 Å². The van der Waals surface area contributed by atoms with Gasteiger partial charge in [0, 0.05) is 13.0 Å². The van der Waals surface area contributed by atoms with Gasteiger partial charge in [0.2, 0.25) is 11.8 Å². The third kappa shape index (κ3) is 4.18. The number of benzene rings is 1. The summed E-state index contributed by atoms with van der Waals surface area (Å²) in [5.41, 5.74) is 0.640. The van der Waals surface area contributed by atoms with Gasteiger partial charge in [-0.1, -0.05) is 6.07 Å². The molecule has 1 unspecified atom stereocenters. The number of ether oxygens (including phenoxy) is 1. The molecule has 1 aromatic carbocycles. The summed E-state index contributed by atoms with van der Waals surface area (Å²) in [6, 6.07) is 4.11. The van der Waals surface area contributed by atoms with E-state index in [1.807, 2.05) is 13.8 Å². The minimum atomic E-state index is -0.481. The van der Waals surface area contributed by atoms with E-state index in [9.17, 15) is 14.0 Å². The minimum absolute atomic E-state index is 0.101. The Labute approximate surface area is 122 Å². The first-order valence-electron chi connectivity index (χ1n) is 6.98. The predicted octanol–water partition coefficient (Wildman–Crippen LogP) is 1.51. The van der Waals surface area contributed by atoms with Crippen LogP contribution in [0.2, 0.25) is 0 Å². The van der Waals surface area contributed by atoms with Gasteiger partial charge >= 0.3 is 0 Å². The second-order valence-corrected chi connectivity index (χ2v) is 5.31. The molecule has 0 spiro atoms. The molecule has 1 heterocycles. The molecule has 2 N–H and O–H groups in total. The van der Waals surface area contributed by atoms with Crippen molar-refractivity contribution in [1.82, 2.24) is 10.6 Å². The number of hydrogen-bond donors (Lipinski definition) is 2. The van der Waals surface area contributed by atoms with E-state index in [2.05, 4.69) is 10.6 Å². The Bertz CT molecular complexity index is 546. The Morgan fingerprint density at radius 1 is 1.52 bits per heavy atom. The van der Waals surface area contributed by atoms with E-state index in [1.165, 1.54) is 6.07 Å². The molecule has 0 aromatic heterocycles. The first-order valence-corrected chi connectivity index (χ1v) is 6.98. The highest BCUT2D eigenvalue weighted by Crippen LogP contribution is 2.19. The van der Waals surface area contributed by atoms with Gasteiger partial charge in [0.05, 0.1) is 6.10 Å². The highest BCUT2D eigenvalue weighted by molar-refractivity contribution is 5.90. The fourth-order valence-corrected chi connectivity index (χ4v) is 2.13. The standard InChI is InChI=1S/C15H19FN2O3/c1-9(2)21-13-5-3-10(7-11(13)16)8-17-15(20)12-4-6-14(19)18-12/h3,5,7,9,12H,4,6,8H2,1-2H3,(H,17,20)(H,18,19). The quantitative estimate of drug-likeness (QED) is 0.865. The Morgan fingerprint density at radius 3 is 2.86 bits per heavy atom. The van der Waals surface area contributed by atoms with Crippen LogP contribution in [-0.2, 0) is 16.1 Å². The van der Waals surface area contributed by atoms with Gasteiger partial charge in [-0.3, -0.25) is 9.59 Å². The van der Waals surface area contributed by atoms with Crippen molar-refractivity contribution in [3.8, 4) is 5.75 Å². The van der Waals surface area contributed by atoms with E-state index in [-0.39, 0.29) is 30.2 Å². The zero-order valence-corrected chi connectivity index (χ0v) is 12.1. The number of hydrogen-bond acceptors (Lipinski definition) is 3. The molecular weight excluding hydrogens is 275 g/mol.